The molecule has 1 heterocycles. The number of rotatable bonds is 8. The van der Waals surface area contributed by atoms with E-state index < -0.39 is 34.9 Å². The van der Waals surface area contributed by atoms with Crippen LogP contribution in [-0.4, -0.2) is 42.4 Å². The van der Waals surface area contributed by atoms with E-state index in [4.69, 9.17) is 9.47 Å². The molecule has 0 unspecified atom stereocenters. The summed E-state index contributed by atoms with van der Waals surface area (Å²) in [7, 11) is 0. The summed E-state index contributed by atoms with van der Waals surface area (Å²) in [4.78, 5) is 22.8. The number of nitrogens with one attached hydrogen (secondary N) is 1. The number of carbonyl (C=O) groups is 1. The maximum Gasteiger partial charge on any atom is 0.422 e. The fraction of sp³-hybridized carbons (Fsp3) is 0.381. The zero-order valence-electron chi connectivity index (χ0n) is 17.3. The van der Waals surface area contributed by atoms with Crippen molar-refractivity contribution in [1.29, 1.82) is 0 Å². The number of alkyl halides is 3. The lowest BCUT2D eigenvalue weighted by molar-refractivity contribution is -0.385. The third-order valence-electron chi connectivity index (χ3n) is 4.51. The first kappa shape index (κ1) is 23.2. The Morgan fingerprint density at radius 3 is 2.69 bits per heavy atom. The van der Waals surface area contributed by atoms with E-state index in [9.17, 15) is 28.1 Å². The highest BCUT2D eigenvalue weighted by Crippen LogP contribution is 2.41. The van der Waals surface area contributed by atoms with Crippen LogP contribution in [0.5, 0.6) is 17.2 Å². The minimum absolute atomic E-state index is 0.00329. The van der Waals surface area contributed by atoms with E-state index >= 15 is 0 Å². The minimum atomic E-state index is -4.59. The van der Waals surface area contributed by atoms with Gasteiger partial charge in [-0.2, -0.15) is 13.2 Å². The standard InChI is InChI=1S/C21H21F3N2O6/c1-20(2)11-13-4-3-5-17(18(13)32-20)30-9-8-25-19(27)15-10-14(31-12-21(22,23)24)6-7-16(15)26(28)29/h3-7,10H,8-9,11-12H2,1-2H3,(H,25,27). The number of nitro groups is 1. The molecular weight excluding hydrogens is 433 g/mol. The third kappa shape index (κ3) is 5.80. The van der Waals surface area contributed by atoms with Crippen molar-refractivity contribution in [1.82, 2.24) is 5.32 Å². The molecule has 0 fully saturated rings. The Kier molecular flexibility index (Phi) is 6.47. The largest absolute Gasteiger partial charge is 0.488 e. The van der Waals surface area contributed by atoms with Gasteiger partial charge in [0, 0.05) is 18.1 Å². The van der Waals surface area contributed by atoms with Gasteiger partial charge in [-0.05, 0) is 32.0 Å². The molecule has 0 atom stereocenters. The number of nitrogens with zero attached hydrogens (tertiary/aromatic N) is 1. The number of ether oxygens (including phenoxy) is 3. The van der Waals surface area contributed by atoms with Crippen LogP contribution in [-0.2, 0) is 6.42 Å². The summed E-state index contributed by atoms with van der Waals surface area (Å²) in [6, 6.07) is 8.32. The summed E-state index contributed by atoms with van der Waals surface area (Å²) in [5.41, 5.74) is -0.323. The predicted molar refractivity (Wildman–Crippen MR) is 107 cm³/mol. The molecule has 0 aliphatic carbocycles. The molecule has 32 heavy (non-hydrogen) atoms. The number of carbonyl (C=O) groups excluding carboxylic acids is 1. The van der Waals surface area contributed by atoms with Crippen LogP contribution in [0.25, 0.3) is 0 Å². The highest BCUT2D eigenvalue weighted by Gasteiger charge is 2.32. The van der Waals surface area contributed by atoms with Gasteiger partial charge in [-0.1, -0.05) is 12.1 Å². The second-order valence-corrected chi connectivity index (χ2v) is 7.73. The predicted octanol–water partition coefficient (Wildman–Crippen LogP) is 4.06. The van der Waals surface area contributed by atoms with Gasteiger partial charge in [0.1, 0.15) is 23.5 Å². The van der Waals surface area contributed by atoms with Crippen LogP contribution in [0.4, 0.5) is 18.9 Å². The molecule has 0 spiro atoms. The van der Waals surface area contributed by atoms with E-state index in [-0.39, 0.29) is 24.5 Å². The lowest BCUT2D eigenvalue weighted by Crippen LogP contribution is -2.29. The molecule has 1 aliphatic rings. The quantitative estimate of drug-likeness (QED) is 0.367. The number of fused-ring (bicyclic) bond motifs is 1. The first-order chi connectivity index (χ1) is 15.0. The van der Waals surface area contributed by atoms with Gasteiger partial charge in [0.25, 0.3) is 11.6 Å². The Hall–Kier alpha value is -3.50. The molecule has 0 saturated heterocycles. The second-order valence-electron chi connectivity index (χ2n) is 7.73. The maximum absolute atomic E-state index is 12.4. The van der Waals surface area contributed by atoms with E-state index in [2.05, 4.69) is 10.1 Å². The fourth-order valence-electron chi connectivity index (χ4n) is 3.23. The number of benzene rings is 2. The summed E-state index contributed by atoms with van der Waals surface area (Å²) in [6.45, 7) is 2.37. The number of amides is 1. The molecule has 1 amide bonds. The zero-order chi connectivity index (χ0) is 23.5. The smallest absolute Gasteiger partial charge is 0.422 e. The lowest BCUT2D eigenvalue weighted by atomic mass is 10.0. The molecule has 0 aromatic heterocycles. The van der Waals surface area contributed by atoms with Gasteiger partial charge < -0.3 is 19.5 Å². The highest BCUT2D eigenvalue weighted by molar-refractivity contribution is 5.98. The van der Waals surface area contributed by atoms with Crippen molar-refractivity contribution in [3.63, 3.8) is 0 Å². The van der Waals surface area contributed by atoms with Gasteiger partial charge in [0.15, 0.2) is 18.1 Å². The first-order valence-corrected chi connectivity index (χ1v) is 9.65. The zero-order valence-corrected chi connectivity index (χ0v) is 17.3. The number of hydrogen-bond donors (Lipinski definition) is 1. The number of para-hydroxylation sites is 1. The summed E-state index contributed by atoms with van der Waals surface area (Å²) in [5, 5.41) is 13.7. The van der Waals surface area contributed by atoms with Gasteiger partial charge in [0.05, 0.1) is 11.5 Å². The summed E-state index contributed by atoms with van der Waals surface area (Å²) in [6.07, 6.45) is -3.86. The van der Waals surface area contributed by atoms with Crippen LogP contribution < -0.4 is 19.5 Å². The fourth-order valence-corrected chi connectivity index (χ4v) is 3.23. The average molecular weight is 454 g/mol. The van der Waals surface area contributed by atoms with Gasteiger partial charge in [0.2, 0.25) is 0 Å². The van der Waals surface area contributed by atoms with Crippen molar-refractivity contribution in [3.05, 3.63) is 57.6 Å². The molecule has 172 valence electrons. The Labute approximate surface area is 181 Å². The van der Waals surface area contributed by atoms with E-state index in [1.54, 1.807) is 6.07 Å². The summed E-state index contributed by atoms with van der Waals surface area (Å²) in [5.74, 6) is -0.00722. The van der Waals surface area contributed by atoms with Crippen molar-refractivity contribution in [3.8, 4) is 17.2 Å². The van der Waals surface area contributed by atoms with Crippen LogP contribution in [0.1, 0.15) is 29.8 Å². The van der Waals surface area contributed by atoms with Gasteiger partial charge in [-0.3, -0.25) is 14.9 Å². The summed E-state index contributed by atoms with van der Waals surface area (Å²) >= 11 is 0. The van der Waals surface area contributed by atoms with Crippen molar-refractivity contribution < 1.29 is 37.1 Å². The van der Waals surface area contributed by atoms with Gasteiger partial charge >= 0.3 is 6.18 Å². The minimum Gasteiger partial charge on any atom is -0.488 e. The van der Waals surface area contributed by atoms with E-state index in [0.717, 1.165) is 30.2 Å². The van der Waals surface area contributed by atoms with Crippen LogP contribution >= 0.6 is 0 Å². The van der Waals surface area contributed by atoms with Crippen LogP contribution in [0.15, 0.2) is 36.4 Å². The normalized spacial score (nSPS) is 14.3. The Balaban J connectivity index is 1.61. The monoisotopic (exact) mass is 454 g/mol. The molecule has 3 rings (SSSR count). The maximum atomic E-state index is 12.4. The number of nitro benzene ring substituents is 1. The van der Waals surface area contributed by atoms with Crippen molar-refractivity contribution in [2.75, 3.05) is 19.8 Å². The molecule has 0 saturated carbocycles. The second kappa shape index (κ2) is 8.93. The molecule has 0 radical (unpaired) electrons. The number of halogens is 3. The number of hydrogen-bond acceptors (Lipinski definition) is 6. The molecule has 1 aliphatic heterocycles. The van der Waals surface area contributed by atoms with Crippen molar-refractivity contribution >= 4 is 11.6 Å². The van der Waals surface area contributed by atoms with Gasteiger partial charge in [-0.25, -0.2) is 0 Å². The first-order valence-electron chi connectivity index (χ1n) is 9.65. The lowest BCUT2D eigenvalue weighted by Gasteiger charge is -2.18. The molecule has 0 bridgehead atoms. The third-order valence-corrected chi connectivity index (χ3v) is 4.51. The Bertz CT molecular complexity index is 1020. The van der Waals surface area contributed by atoms with Crippen LogP contribution in [0.2, 0.25) is 0 Å². The topological polar surface area (TPSA) is 99.9 Å². The van der Waals surface area contributed by atoms with Crippen molar-refractivity contribution in [2.45, 2.75) is 32.0 Å². The van der Waals surface area contributed by atoms with Crippen LogP contribution in [0.3, 0.4) is 0 Å². The average Bonchev–Trinajstić information content (AvgIpc) is 3.03. The van der Waals surface area contributed by atoms with Crippen molar-refractivity contribution in [2.24, 2.45) is 0 Å². The molecular formula is C21H21F3N2O6. The molecule has 8 nitrogen and oxygen atoms in total. The highest BCUT2D eigenvalue weighted by atomic mass is 19.4. The Morgan fingerprint density at radius 1 is 1.25 bits per heavy atom. The van der Waals surface area contributed by atoms with Gasteiger partial charge in [-0.15, -0.1) is 0 Å². The van der Waals surface area contributed by atoms with E-state index in [1.807, 2.05) is 26.0 Å². The molecule has 2 aromatic rings. The van der Waals surface area contributed by atoms with E-state index in [1.165, 1.54) is 0 Å². The SMILES string of the molecule is CC1(C)Cc2cccc(OCCNC(=O)c3cc(OCC(F)(F)F)ccc3[N+](=O)[O-])c2O1. The molecule has 11 heteroatoms. The molecule has 1 N–H and O–H groups in total. The summed E-state index contributed by atoms with van der Waals surface area (Å²) < 4.78 is 53.2. The Morgan fingerprint density at radius 2 is 2.00 bits per heavy atom. The molecule has 2 aromatic carbocycles. The van der Waals surface area contributed by atoms with E-state index in [0.29, 0.717) is 11.5 Å². The van der Waals surface area contributed by atoms with Crippen LogP contribution in [0, 0.1) is 10.1 Å².